The van der Waals surface area contributed by atoms with Crippen molar-refractivity contribution >= 4 is 10.0 Å². The highest BCUT2D eigenvalue weighted by Gasteiger charge is 2.35. The molecule has 1 atom stereocenters. The lowest BCUT2D eigenvalue weighted by atomic mass is 10.0. The molecule has 2 heterocycles. The third kappa shape index (κ3) is 2.34. The van der Waals surface area contributed by atoms with Crippen LogP contribution in [-0.2, 0) is 10.0 Å². The Morgan fingerprint density at radius 1 is 1.20 bits per heavy atom. The van der Waals surface area contributed by atoms with E-state index in [2.05, 4.69) is 12.2 Å². The molecule has 4 nitrogen and oxygen atoms in total. The van der Waals surface area contributed by atoms with E-state index in [1.54, 1.807) is 4.31 Å². The summed E-state index contributed by atoms with van der Waals surface area (Å²) in [6, 6.07) is 0. The van der Waals surface area contributed by atoms with Crippen LogP contribution in [-0.4, -0.2) is 44.2 Å². The fraction of sp³-hybridized carbons (Fsp3) is 1.00. The Hall–Kier alpha value is -0.130. The molecule has 88 valence electrons. The lowest BCUT2D eigenvalue weighted by Gasteiger charge is -2.31. The van der Waals surface area contributed by atoms with Crippen molar-refractivity contribution in [1.82, 2.24) is 9.62 Å². The average Bonchev–Trinajstić information content (AvgIpc) is 2.71. The third-order valence-corrected chi connectivity index (χ3v) is 5.87. The molecule has 0 aromatic carbocycles. The van der Waals surface area contributed by atoms with Crippen LogP contribution in [0.15, 0.2) is 0 Å². The molecule has 0 saturated carbocycles. The van der Waals surface area contributed by atoms with Gasteiger partial charge in [-0.3, -0.25) is 0 Å². The van der Waals surface area contributed by atoms with Gasteiger partial charge in [0.2, 0.25) is 10.0 Å². The molecule has 2 fully saturated rings. The Labute approximate surface area is 92.1 Å². The zero-order chi connectivity index (χ0) is 10.9. The summed E-state index contributed by atoms with van der Waals surface area (Å²) in [7, 11) is -3.01. The molecule has 2 aliphatic rings. The van der Waals surface area contributed by atoms with E-state index < -0.39 is 10.0 Å². The Bertz CT molecular complexity index is 301. The fourth-order valence-electron chi connectivity index (χ4n) is 2.33. The quantitative estimate of drug-likeness (QED) is 0.750. The number of nitrogens with one attached hydrogen (secondary N) is 1. The summed E-state index contributed by atoms with van der Waals surface area (Å²) in [5.41, 5.74) is 0. The molecule has 0 aromatic rings. The summed E-state index contributed by atoms with van der Waals surface area (Å²) in [5.74, 6) is 0.679. The van der Waals surface area contributed by atoms with Crippen molar-refractivity contribution in [2.75, 3.05) is 26.2 Å². The van der Waals surface area contributed by atoms with Gasteiger partial charge >= 0.3 is 0 Å². The highest BCUT2D eigenvalue weighted by atomic mass is 32.2. The minimum atomic E-state index is -3.01. The number of hydrogen-bond donors (Lipinski definition) is 1. The molecule has 0 amide bonds. The summed E-state index contributed by atoms with van der Waals surface area (Å²) in [6.45, 7) is 5.11. The van der Waals surface area contributed by atoms with E-state index in [0.717, 1.165) is 38.9 Å². The second-order valence-corrected chi connectivity index (χ2v) is 6.95. The molecule has 0 radical (unpaired) electrons. The first kappa shape index (κ1) is 11.4. The summed E-state index contributed by atoms with van der Waals surface area (Å²) in [5, 5.41) is 2.95. The summed E-state index contributed by atoms with van der Waals surface area (Å²) < 4.78 is 26.1. The predicted molar refractivity (Wildman–Crippen MR) is 60.2 cm³/mol. The Kier molecular flexibility index (Phi) is 3.33. The fourth-order valence-corrected chi connectivity index (χ4v) is 4.22. The van der Waals surface area contributed by atoms with Gasteiger partial charge < -0.3 is 5.32 Å². The number of nitrogens with zero attached hydrogens (tertiary/aromatic N) is 1. The first-order chi connectivity index (χ1) is 7.10. The molecule has 2 aliphatic heterocycles. The van der Waals surface area contributed by atoms with E-state index in [1.807, 2.05) is 0 Å². The van der Waals surface area contributed by atoms with E-state index in [4.69, 9.17) is 0 Å². The molecule has 15 heavy (non-hydrogen) atoms. The molecule has 0 bridgehead atoms. The smallest absolute Gasteiger partial charge is 0.218 e. The van der Waals surface area contributed by atoms with E-state index in [0.29, 0.717) is 12.5 Å². The van der Waals surface area contributed by atoms with E-state index in [-0.39, 0.29) is 5.25 Å². The first-order valence-electron chi connectivity index (χ1n) is 5.80. The van der Waals surface area contributed by atoms with Crippen LogP contribution in [0.3, 0.4) is 0 Å². The SMILES string of the molecule is CC1CCN(S(=O)(=O)C2CCNC2)CC1. The number of rotatable bonds is 2. The van der Waals surface area contributed by atoms with Gasteiger partial charge in [0.1, 0.15) is 0 Å². The lowest BCUT2D eigenvalue weighted by molar-refractivity contribution is 0.285. The summed E-state index contributed by atoms with van der Waals surface area (Å²) in [4.78, 5) is 0. The summed E-state index contributed by atoms with van der Waals surface area (Å²) in [6.07, 6.45) is 2.80. The molecule has 0 aromatic heterocycles. The summed E-state index contributed by atoms with van der Waals surface area (Å²) >= 11 is 0. The van der Waals surface area contributed by atoms with Crippen molar-refractivity contribution < 1.29 is 8.42 Å². The molecule has 0 aliphatic carbocycles. The van der Waals surface area contributed by atoms with E-state index >= 15 is 0 Å². The van der Waals surface area contributed by atoms with Crippen LogP contribution >= 0.6 is 0 Å². The minimum absolute atomic E-state index is 0.175. The maximum Gasteiger partial charge on any atom is 0.218 e. The standard InChI is InChI=1S/C10H20N2O2S/c1-9-3-6-12(7-4-9)15(13,14)10-2-5-11-8-10/h9-11H,2-8H2,1H3. The van der Waals surface area contributed by atoms with Gasteiger partial charge in [-0.15, -0.1) is 0 Å². The van der Waals surface area contributed by atoms with Gasteiger partial charge in [0.25, 0.3) is 0 Å². The molecule has 1 N–H and O–H groups in total. The second kappa shape index (κ2) is 4.39. The normalized spacial score (nSPS) is 30.9. The van der Waals surface area contributed by atoms with E-state index in [1.165, 1.54) is 0 Å². The van der Waals surface area contributed by atoms with Crippen molar-refractivity contribution in [3.8, 4) is 0 Å². The Morgan fingerprint density at radius 3 is 2.40 bits per heavy atom. The van der Waals surface area contributed by atoms with Crippen molar-refractivity contribution in [3.63, 3.8) is 0 Å². The number of piperidine rings is 1. The van der Waals surface area contributed by atoms with Gasteiger partial charge in [0, 0.05) is 19.6 Å². The molecule has 2 saturated heterocycles. The van der Waals surface area contributed by atoms with Gasteiger partial charge in [-0.05, 0) is 31.7 Å². The predicted octanol–water partition coefficient (Wildman–Crippen LogP) is 0.410. The molecule has 1 unspecified atom stereocenters. The zero-order valence-electron chi connectivity index (χ0n) is 9.28. The highest BCUT2D eigenvalue weighted by Crippen LogP contribution is 2.22. The maximum absolute atomic E-state index is 12.2. The van der Waals surface area contributed by atoms with Crippen molar-refractivity contribution in [1.29, 1.82) is 0 Å². The van der Waals surface area contributed by atoms with Crippen LogP contribution in [0.1, 0.15) is 26.2 Å². The molecular weight excluding hydrogens is 212 g/mol. The molecular formula is C10H20N2O2S. The van der Waals surface area contributed by atoms with Crippen molar-refractivity contribution in [3.05, 3.63) is 0 Å². The average molecular weight is 232 g/mol. The van der Waals surface area contributed by atoms with Crippen LogP contribution in [0.4, 0.5) is 0 Å². The van der Waals surface area contributed by atoms with Crippen LogP contribution in [0, 0.1) is 5.92 Å². The van der Waals surface area contributed by atoms with Gasteiger partial charge in [-0.1, -0.05) is 6.92 Å². The van der Waals surface area contributed by atoms with Gasteiger partial charge in [-0.2, -0.15) is 0 Å². The zero-order valence-corrected chi connectivity index (χ0v) is 10.1. The van der Waals surface area contributed by atoms with Crippen LogP contribution in [0.5, 0.6) is 0 Å². The number of sulfonamides is 1. The minimum Gasteiger partial charge on any atom is -0.315 e. The lowest BCUT2D eigenvalue weighted by Crippen LogP contribution is -2.43. The first-order valence-corrected chi connectivity index (χ1v) is 7.30. The monoisotopic (exact) mass is 232 g/mol. The molecule has 2 rings (SSSR count). The van der Waals surface area contributed by atoms with Crippen molar-refractivity contribution in [2.45, 2.75) is 31.4 Å². The molecule has 0 spiro atoms. The van der Waals surface area contributed by atoms with Gasteiger partial charge in [-0.25, -0.2) is 12.7 Å². The van der Waals surface area contributed by atoms with Crippen molar-refractivity contribution in [2.24, 2.45) is 5.92 Å². The van der Waals surface area contributed by atoms with Gasteiger partial charge in [0.15, 0.2) is 0 Å². The Morgan fingerprint density at radius 2 is 1.87 bits per heavy atom. The Balaban J connectivity index is 2.02. The van der Waals surface area contributed by atoms with Crippen LogP contribution in [0.2, 0.25) is 0 Å². The highest BCUT2D eigenvalue weighted by molar-refractivity contribution is 7.89. The second-order valence-electron chi connectivity index (χ2n) is 4.74. The maximum atomic E-state index is 12.2. The topological polar surface area (TPSA) is 49.4 Å². The van der Waals surface area contributed by atoms with Gasteiger partial charge in [0.05, 0.1) is 5.25 Å². The van der Waals surface area contributed by atoms with Crippen LogP contribution in [0.25, 0.3) is 0 Å². The molecule has 5 heteroatoms. The number of hydrogen-bond acceptors (Lipinski definition) is 3. The van der Waals surface area contributed by atoms with E-state index in [9.17, 15) is 8.42 Å². The largest absolute Gasteiger partial charge is 0.315 e. The third-order valence-electron chi connectivity index (χ3n) is 3.54. The van der Waals surface area contributed by atoms with Crippen LogP contribution < -0.4 is 5.32 Å².